The lowest BCUT2D eigenvalue weighted by atomic mass is 10.1. The third-order valence-corrected chi connectivity index (χ3v) is 3.92. The van der Waals surface area contributed by atoms with Crippen molar-refractivity contribution < 1.29 is 14.0 Å². The van der Waals surface area contributed by atoms with Gasteiger partial charge < -0.3 is 15.1 Å². The number of nitrogens with one attached hydrogen (secondary N) is 2. The summed E-state index contributed by atoms with van der Waals surface area (Å²) >= 11 is 3.16. The molecular formula is C19H15BrN2O3. The van der Waals surface area contributed by atoms with Crippen LogP contribution in [0.3, 0.4) is 0 Å². The van der Waals surface area contributed by atoms with Crippen LogP contribution in [-0.4, -0.2) is 11.8 Å². The van der Waals surface area contributed by atoms with Gasteiger partial charge in [-0.05, 0) is 64.8 Å². The molecule has 2 amide bonds. The molecule has 5 nitrogen and oxygen atoms in total. The summed E-state index contributed by atoms with van der Waals surface area (Å²) in [5, 5.41) is 5.54. The first kappa shape index (κ1) is 17.0. The lowest BCUT2D eigenvalue weighted by Gasteiger charge is -2.11. The third-order valence-electron chi connectivity index (χ3n) is 3.49. The van der Waals surface area contributed by atoms with Crippen LogP contribution in [0.1, 0.15) is 26.5 Å². The summed E-state index contributed by atoms with van der Waals surface area (Å²) < 4.78 is 5.69. The van der Waals surface area contributed by atoms with E-state index in [0.717, 1.165) is 5.56 Å². The Morgan fingerprint density at radius 3 is 2.44 bits per heavy atom. The Morgan fingerprint density at radius 2 is 1.72 bits per heavy atom. The number of halogens is 1. The standard InChI is InChI=1S/C19H15BrN2O3/c1-12-5-4-6-13(11-12)21-18(23)14-7-2-3-8-15(14)22-19(24)16-9-10-17(20)25-16/h2-11H,1H3,(H,21,23)(H,22,24). The highest BCUT2D eigenvalue weighted by Gasteiger charge is 2.16. The zero-order valence-corrected chi connectivity index (χ0v) is 15.0. The van der Waals surface area contributed by atoms with Gasteiger partial charge in [0.1, 0.15) is 0 Å². The van der Waals surface area contributed by atoms with Crippen molar-refractivity contribution in [1.82, 2.24) is 0 Å². The fourth-order valence-electron chi connectivity index (χ4n) is 2.33. The summed E-state index contributed by atoms with van der Waals surface area (Å²) in [5.41, 5.74) is 2.51. The van der Waals surface area contributed by atoms with Crippen LogP contribution in [0, 0.1) is 6.92 Å². The van der Waals surface area contributed by atoms with E-state index in [2.05, 4.69) is 26.6 Å². The molecule has 2 N–H and O–H groups in total. The molecule has 0 fully saturated rings. The second kappa shape index (κ2) is 7.36. The molecule has 0 atom stereocenters. The normalized spacial score (nSPS) is 10.3. The number of benzene rings is 2. The number of amides is 2. The van der Waals surface area contributed by atoms with E-state index < -0.39 is 5.91 Å². The lowest BCUT2D eigenvalue weighted by Crippen LogP contribution is -2.18. The SMILES string of the molecule is Cc1cccc(NC(=O)c2ccccc2NC(=O)c2ccc(Br)o2)c1. The molecule has 3 aromatic rings. The van der Waals surface area contributed by atoms with E-state index in [4.69, 9.17) is 4.42 Å². The zero-order valence-electron chi connectivity index (χ0n) is 13.4. The molecule has 25 heavy (non-hydrogen) atoms. The predicted octanol–water partition coefficient (Wildman–Crippen LogP) is 4.86. The minimum atomic E-state index is -0.429. The molecule has 2 aromatic carbocycles. The number of furan rings is 1. The summed E-state index contributed by atoms with van der Waals surface area (Å²) in [6, 6.07) is 17.5. The van der Waals surface area contributed by atoms with Gasteiger partial charge in [-0.2, -0.15) is 0 Å². The lowest BCUT2D eigenvalue weighted by molar-refractivity contribution is 0.0995. The molecule has 3 rings (SSSR count). The maximum atomic E-state index is 12.6. The number of aryl methyl sites for hydroxylation is 1. The Labute approximate surface area is 153 Å². The molecule has 0 aliphatic rings. The highest BCUT2D eigenvalue weighted by Crippen LogP contribution is 2.20. The number of rotatable bonds is 4. The molecule has 1 heterocycles. The molecular weight excluding hydrogens is 384 g/mol. The van der Waals surface area contributed by atoms with Gasteiger partial charge >= 0.3 is 0 Å². The van der Waals surface area contributed by atoms with E-state index in [1.54, 1.807) is 36.4 Å². The van der Waals surface area contributed by atoms with Crippen molar-refractivity contribution in [3.05, 3.63) is 82.2 Å². The van der Waals surface area contributed by atoms with Crippen LogP contribution in [0.15, 0.2) is 69.8 Å². The summed E-state index contributed by atoms with van der Waals surface area (Å²) in [5.74, 6) is -0.579. The van der Waals surface area contributed by atoms with Crippen LogP contribution in [0.2, 0.25) is 0 Å². The largest absolute Gasteiger partial charge is 0.444 e. The number of carbonyl (C=O) groups is 2. The molecule has 126 valence electrons. The fraction of sp³-hybridized carbons (Fsp3) is 0.0526. The van der Waals surface area contributed by atoms with Crippen LogP contribution in [0.25, 0.3) is 0 Å². The minimum Gasteiger partial charge on any atom is -0.444 e. The molecule has 1 aromatic heterocycles. The first-order chi connectivity index (χ1) is 12.0. The first-order valence-electron chi connectivity index (χ1n) is 7.56. The second-order valence-electron chi connectivity index (χ2n) is 5.43. The highest BCUT2D eigenvalue weighted by molar-refractivity contribution is 9.10. The van der Waals surface area contributed by atoms with E-state index in [-0.39, 0.29) is 11.7 Å². The van der Waals surface area contributed by atoms with Crippen LogP contribution >= 0.6 is 15.9 Å². The average molecular weight is 399 g/mol. The van der Waals surface area contributed by atoms with Gasteiger partial charge in [-0.1, -0.05) is 24.3 Å². The Kier molecular flexibility index (Phi) is 5.00. The summed E-state index contributed by atoms with van der Waals surface area (Å²) in [6.45, 7) is 1.95. The molecule has 0 spiro atoms. The molecule has 0 radical (unpaired) electrons. The van der Waals surface area contributed by atoms with E-state index >= 15 is 0 Å². The Morgan fingerprint density at radius 1 is 0.920 bits per heavy atom. The van der Waals surface area contributed by atoms with Gasteiger partial charge in [-0.15, -0.1) is 0 Å². The molecule has 6 heteroatoms. The third kappa shape index (κ3) is 4.16. The highest BCUT2D eigenvalue weighted by atomic mass is 79.9. The maximum absolute atomic E-state index is 12.6. The molecule has 0 aliphatic heterocycles. The van der Waals surface area contributed by atoms with Gasteiger partial charge in [0.05, 0.1) is 11.3 Å². The second-order valence-corrected chi connectivity index (χ2v) is 6.21. The Bertz CT molecular complexity index is 934. The fourth-order valence-corrected chi connectivity index (χ4v) is 2.64. The van der Waals surface area contributed by atoms with Crippen molar-refractivity contribution in [1.29, 1.82) is 0 Å². The van der Waals surface area contributed by atoms with E-state index in [0.29, 0.717) is 21.6 Å². The van der Waals surface area contributed by atoms with Gasteiger partial charge in [-0.25, -0.2) is 0 Å². The molecule has 0 bridgehead atoms. The molecule has 0 saturated heterocycles. The van der Waals surface area contributed by atoms with E-state index in [1.807, 2.05) is 31.2 Å². The van der Waals surface area contributed by atoms with Crippen LogP contribution in [0.4, 0.5) is 11.4 Å². The number of anilines is 2. The van der Waals surface area contributed by atoms with Gasteiger partial charge in [0, 0.05) is 5.69 Å². The van der Waals surface area contributed by atoms with Crippen LogP contribution < -0.4 is 10.6 Å². The minimum absolute atomic E-state index is 0.153. The average Bonchev–Trinajstić information content (AvgIpc) is 3.02. The first-order valence-corrected chi connectivity index (χ1v) is 8.36. The summed E-state index contributed by atoms with van der Waals surface area (Å²) in [7, 11) is 0. The van der Waals surface area contributed by atoms with Crippen LogP contribution in [0.5, 0.6) is 0 Å². The van der Waals surface area contributed by atoms with Gasteiger partial charge in [0.25, 0.3) is 11.8 Å². The van der Waals surface area contributed by atoms with Crippen LogP contribution in [-0.2, 0) is 0 Å². The molecule has 0 unspecified atom stereocenters. The van der Waals surface area contributed by atoms with Crippen molar-refractivity contribution in [2.45, 2.75) is 6.92 Å². The van der Waals surface area contributed by atoms with Gasteiger partial charge in [0.2, 0.25) is 0 Å². The summed E-state index contributed by atoms with van der Waals surface area (Å²) in [4.78, 5) is 24.8. The van der Waals surface area contributed by atoms with Crippen molar-refractivity contribution >= 4 is 39.1 Å². The van der Waals surface area contributed by atoms with Gasteiger partial charge in [0.15, 0.2) is 10.4 Å². The van der Waals surface area contributed by atoms with Crippen molar-refractivity contribution in [2.24, 2.45) is 0 Å². The number of carbonyl (C=O) groups excluding carboxylic acids is 2. The summed E-state index contributed by atoms with van der Waals surface area (Å²) in [6.07, 6.45) is 0. The number of para-hydroxylation sites is 1. The molecule has 0 aliphatic carbocycles. The predicted molar refractivity (Wildman–Crippen MR) is 99.9 cm³/mol. The Balaban J connectivity index is 1.80. The Hall–Kier alpha value is -2.86. The molecule has 0 saturated carbocycles. The van der Waals surface area contributed by atoms with Crippen molar-refractivity contribution in [3.8, 4) is 0 Å². The van der Waals surface area contributed by atoms with E-state index in [9.17, 15) is 9.59 Å². The quantitative estimate of drug-likeness (QED) is 0.659. The number of hydrogen-bond donors (Lipinski definition) is 2. The monoisotopic (exact) mass is 398 g/mol. The number of hydrogen-bond acceptors (Lipinski definition) is 3. The zero-order chi connectivity index (χ0) is 17.8. The smallest absolute Gasteiger partial charge is 0.291 e. The van der Waals surface area contributed by atoms with Crippen molar-refractivity contribution in [3.63, 3.8) is 0 Å². The maximum Gasteiger partial charge on any atom is 0.291 e. The topological polar surface area (TPSA) is 71.3 Å². The van der Waals surface area contributed by atoms with Crippen molar-refractivity contribution in [2.75, 3.05) is 10.6 Å². The van der Waals surface area contributed by atoms with E-state index in [1.165, 1.54) is 0 Å². The van der Waals surface area contributed by atoms with Gasteiger partial charge in [-0.3, -0.25) is 9.59 Å².